The molecule has 1 aliphatic rings. The summed E-state index contributed by atoms with van der Waals surface area (Å²) in [6.07, 6.45) is -0.518. The second kappa shape index (κ2) is 8.85. The zero-order valence-corrected chi connectivity index (χ0v) is 14.7. The number of piperazine rings is 1. The summed E-state index contributed by atoms with van der Waals surface area (Å²) >= 11 is 6.14. The molecule has 1 heterocycles. The summed E-state index contributed by atoms with van der Waals surface area (Å²) in [5.74, 6) is 0.746. The van der Waals surface area contributed by atoms with Gasteiger partial charge in [0.25, 0.3) is 0 Å². The Morgan fingerprint density at radius 3 is 2.26 bits per heavy atom. The van der Waals surface area contributed by atoms with E-state index in [2.05, 4.69) is 9.80 Å². The summed E-state index contributed by atoms with van der Waals surface area (Å²) in [5.41, 5.74) is 1.97. The molecule has 5 nitrogen and oxygen atoms in total. The second-order valence-corrected chi connectivity index (χ2v) is 6.58. The van der Waals surface area contributed by atoms with Gasteiger partial charge in [0.1, 0.15) is 18.5 Å². The summed E-state index contributed by atoms with van der Waals surface area (Å²) in [6.45, 7) is 9.41. The third-order valence-electron chi connectivity index (χ3n) is 4.20. The van der Waals surface area contributed by atoms with Crippen LogP contribution in [-0.2, 0) is 0 Å². The molecular formula is C17H27ClN2O3. The van der Waals surface area contributed by atoms with Crippen LogP contribution >= 0.6 is 11.6 Å². The first-order valence-corrected chi connectivity index (χ1v) is 8.50. The van der Waals surface area contributed by atoms with Crippen LogP contribution in [0.15, 0.2) is 12.1 Å². The molecule has 0 unspecified atom stereocenters. The first-order valence-electron chi connectivity index (χ1n) is 8.12. The number of aryl methyl sites for hydroxylation is 2. The van der Waals surface area contributed by atoms with Crippen molar-refractivity contribution >= 4 is 11.6 Å². The van der Waals surface area contributed by atoms with Crippen LogP contribution in [0.25, 0.3) is 0 Å². The van der Waals surface area contributed by atoms with E-state index in [4.69, 9.17) is 21.4 Å². The molecule has 2 N–H and O–H groups in total. The molecule has 0 saturated carbocycles. The maximum absolute atomic E-state index is 10.2. The van der Waals surface area contributed by atoms with Crippen molar-refractivity contribution in [2.45, 2.75) is 20.0 Å². The maximum Gasteiger partial charge on any atom is 0.120 e. The van der Waals surface area contributed by atoms with Gasteiger partial charge in [-0.2, -0.15) is 0 Å². The molecule has 0 aromatic heterocycles. The van der Waals surface area contributed by atoms with Crippen LogP contribution in [0.4, 0.5) is 0 Å². The van der Waals surface area contributed by atoms with Crippen LogP contribution in [0.2, 0.25) is 5.02 Å². The molecule has 0 aliphatic carbocycles. The molecule has 1 aromatic rings. The Balaban J connectivity index is 1.74. The van der Waals surface area contributed by atoms with E-state index in [0.29, 0.717) is 6.54 Å². The maximum atomic E-state index is 10.2. The van der Waals surface area contributed by atoms with Gasteiger partial charge in [0.2, 0.25) is 0 Å². The quantitative estimate of drug-likeness (QED) is 0.782. The highest BCUT2D eigenvalue weighted by Crippen LogP contribution is 2.25. The first-order chi connectivity index (χ1) is 11.0. The van der Waals surface area contributed by atoms with Crippen molar-refractivity contribution in [2.24, 2.45) is 0 Å². The minimum absolute atomic E-state index is 0.205. The predicted octanol–water partition coefficient (Wildman–Crippen LogP) is 1.31. The van der Waals surface area contributed by atoms with Crippen LogP contribution in [0.5, 0.6) is 5.75 Å². The Hall–Kier alpha value is -0.850. The molecule has 0 bridgehead atoms. The fourth-order valence-corrected chi connectivity index (χ4v) is 2.98. The Morgan fingerprint density at radius 2 is 1.70 bits per heavy atom. The van der Waals surface area contributed by atoms with E-state index >= 15 is 0 Å². The average molecular weight is 343 g/mol. The third kappa shape index (κ3) is 5.62. The molecule has 0 radical (unpaired) electrons. The van der Waals surface area contributed by atoms with Crippen molar-refractivity contribution < 1.29 is 14.9 Å². The van der Waals surface area contributed by atoms with Gasteiger partial charge in [-0.25, -0.2) is 0 Å². The molecular weight excluding hydrogens is 316 g/mol. The molecule has 0 spiro atoms. The molecule has 6 heteroatoms. The van der Waals surface area contributed by atoms with Gasteiger partial charge in [0, 0.05) is 44.3 Å². The van der Waals surface area contributed by atoms with Crippen molar-refractivity contribution in [2.75, 3.05) is 52.5 Å². The van der Waals surface area contributed by atoms with Crippen molar-refractivity contribution in [3.05, 3.63) is 28.3 Å². The zero-order chi connectivity index (χ0) is 16.8. The summed E-state index contributed by atoms with van der Waals surface area (Å²) in [6, 6.07) is 3.80. The lowest BCUT2D eigenvalue weighted by Gasteiger charge is -2.35. The number of halogens is 1. The van der Waals surface area contributed by atoms with Crippen molar-refractivity contribution in [3.8, 4) is 5.75 Å². The van der Waals surface area contributed by atoms with Crippen LogP contribution in [0.1, 0.15) is 11.1 Å². The molecule has 1 aromatic carbocycles. The van der Waals surface area contributed by atoms with E-state index in [1.54, 1.807) is 0 Å². The van der Waals surface area contributed by atoms with E-state index in [9.17, 15) is 5.11 Å². The molecule has 130 valence electrons. The van der Waals surface area contributed by atoms with E-state index in [0.717, 1.165) is 54.6 Å². The number of aliphatic hydroxyl groups is 2. The number of aliphatic hydroxyl groups excluding tert-OH is 2. The fraction of sp³-hybridized carbons (Fsp3) is 0.647. The Morgan fingerprint density at radius 1 is 1.13 bits per heavy atom. The number of rotatable bonds is 7. The number of ether oxygens (including phenoxy) is 1. The van der Waals surface area contributed by atoms with E-state index in [1.165, 1.54) is 0 Å². The van der Waals surface area contributed by atoms with Crippen molar-refractivity contribution in [1.29, 1.82) is 0 Å². The number of nitrogens with zero attached hydrogens (tertiary/aromatic N) is 2. The largest absolute Gasteiger partial charge is 0.491 e. The Labute approximate surface area is 143 Å². The predicted molar refractivity (Wildman–Crippen MR) is 92.4 cm³/mol. The Bertz CT molecular complexity index is 482. The highest BCUT2D eigenvalue weighted by atomic mass is 35.5. The van der Waals surface area contributed by atoms with Gasteiger partial charge in [-0.05, 0) is 37.1 Å². The standard InChI is InChI=1S/C17H27ClN2O3/c1-13-9-16(10-14(2)17(13)18)23-12-15(22)11-20-5-3-19(4-6-20)7-8-21/h9-10,15,21-22H,3-8,11-12H2,1-2H3/t15-/m0/s1. The fourth-order valence-electron chi connectivity index (χ4n) is 2.87. The lowest BCUT2D eigenvalue weighted by Crippen LogP contribution is -2.49. The molecule has 1 saturated heterocycles. The van der Waals surface area contributed by atoms with Crippen LogP contribution in [0.3, 0.4) is 0 Å². The van der Waals surface area contributed by atoms with E-state index in [-0.39, 0.29) is 13.2 Å². The van der Waals surface area contributed by atoms with Gasteiger partial charge in [-0.3, -0.25) is 9.80 Å². The topological polar surface area (TPSA) is 56.2 Å². The van der Waals surface area contributed by atoms with Crippen LogP contribution in [-0.4, -0.2) is 78.6 Å². The summed E-state index contributed by atoms with van der Waals surface area (Å²) < 4.78 is 5.71. The summed E-state index contributed by atoms with van der Waals surface area (Å²) in [7, 11) is 0. The average Bonchev–Trinajstić information content (AvgIpc) is 2.52. The normalized spacial score (nSPS) is 18.1. The monoisotopic (exact) mass is 342 g/mol. The number of hydrogen-bond donors (Lipinski definition) is 2. The van der Waals surface area contributed by atoms with Gasteiger partial charge in [0.05, 0.1) is 6.61 Å². The molecule has 0 amide bonds. The highest BCUT2D eigenvalue weighted by molar-refractivity contribution is 6.32. The van der Waals surface area contributed by atoms with Gasteiger partial charge < -0.3 is 14.9 Å². The van der Waals surface area contributed by atoms with E-state index < -0.39 is 6.10 Å². The first kappa shape index (κ1) is 18.5. The molecule has 1 atom stereocenters. The third-order valence-corrected chi connectivity index (χ3v) is 4.80. The van der Waals surface area contributed by atoms with Crippen molar-refractivity contribution in [1.82, 2.24) is 9.80 Å². The minimum atomic E-state index is -0.518. The van der Waals surface area contributed by atoms with Crippen molar-refractivity contribution in [3.63, 3.8) is 0 Å². The summed E-state index contributed by atoms with van der Waals surface area (Å²) in [4.78, 5) is 4.47. The molecule has 1 fully saturated rings. The van der Waals surface area contributed by atoms with Gasteiger partial charge >= 0.3 is 0 Å². The smallest absolute Gasteiger partial charge is 0.120 e. The highest BCUT2D eigenvalue weighted by Gasteiger charge is 2.19. The lowest BCUT2D eigenvalue weighted by atomic mass is 10.1. The number of β-amino-alcohol motifs (C(OH)–C–C–N with tert-alkyl or cyclic N) is 2. The molecule has 23 heavy (non-hydrogen) atoms. The van der Waals surface area contributed by atoms with Crippen LogP contribution in [0, 0.1) is 13.8 Å². The second-order valence-electron chi connectivity index (χ2n) is 6.20. The number of benzene rings is 1. The van der Waals surface area contributed by atoms with Gasteiger partial charge in [-0.1, -0.05) is 11.6 Å². The minimum Gasteiger partial charge on any atom is -0.491 e. The van der Waals surface area contributed by atoms with E-state index in [1.807, 2.05) is 26.0 Å². The SMILES string of the molecule is Cc1cc(OC[C@@H](O)CN2CCN(CCO)CC2)cc(C)c1Cl. The molecule has 1 aliphatic heterocycles. The van der Waals surface area contributed by atoms with Gasteiger partial charge in [0.15, 0.2) is 0 Å². The van der Waals surface area contributed by atoms with Crippen LogP contribution < -0.4 is 4.74 Å². The summed E-state index contributed by atoms with van der Waals surface area (Å²) in [5, 5.41) is 19.9. The van der Waals surface area contributed by atoms with Gasteiger partial charge in [-0.15, -0.1) is 0 Å². The zero-order valence-electron chi connectivity index (χ0n) is 14.0. The Kier molecular flexibility index (Phi) is 7.11. The number of hydrogen-bond acceptors (Lipinski definition) is 5. The molecule has 2 rings (SSSR count). The lowest BCUT2D eigenvalue weighted by molar-refractivity contribution is 0.0428.